The molecule has 90 valence electrons. The smallest absolute Gasteiger partial charge is 0.140 e. The molecule has 2 aromatic rings. The van der Waals surface area contributed by atoms with Gasteiger partial charge in [-0.2, -0.15) is 0 Å². The second-order valence-corrected chi connectivity index (χ2v) is 4.70. The highest BCUT2D eigenvalue weighted by Crippen LogP contribution is 2.34. The number of hydrogen-bond donors (Lipinski definition) is 0. The van der Waals surface area contributed by atoms with Gasteiger partial charge in [-0.15, -0.1) is 0 Å². The van der Waals surface area contributed by atoms with Crippen LogP contribution in [0.2, 0.25) is 0 Å². The van der Waals surface area contributed by atoms with Gasteiger partial charge in [0.1, 0.15) is 5.50 Å². The minimum atomic E-state index is -0.194. The Bertz CT molecular complexity index is 566. The summed E-state index contributed by atoms with van der Waals surface area (Å²) in [6, 6.07) is 18.4. The summed E-state index contributed by atoms with van der Waals surface area (Å²) < 4.78 is 0. The summed E-state index contributed by atoms with van der Waals surface area (Å²) in [5, 5.41) is 0. The van der Waals surface area contributed by atoms with Gasteiger partial charge >= 0.3 is 0 Å². The lowest BCUT2D eigenvalue weighted by Crippen LogP contribution is -2.33. The van der Waals surface area contributed by atoms with E-state index < -0.39 is 0 Å². The number of halogens is 1. The van der Waals surface area contributed by atoms with E-state index in [1.54, 1.807) is 6.21 Å². The molecule has 0 fully saturated rings. The van der Waals surface area contributed by atoms with Crippen LogP contribution in [0.4, 0.5) is 11.4 Å². The van der Waals surface area contributed by atoms with Crippen molar-refractivity contribution in [2.24, 2.45) is 4.99 Å². The fourth-order valence-electron chi connectivity index (χ4n) is 2.12. The molecule has 3 heteroatoms. The second-order valence-electron chi connectivity index (χ2n) is 4.25. The fraction of sp³-hybridized carbons (Fsp3) is 0.133. The Balaban J connectivity index is 1.94. The predicted molar refractivity (Wildman–Crippen MR) is 76.9 cm³/mol. The Labute approximate surface area is 112 Å². The van der Waals surface area contributed by atoms with Crippen LogP contribution in [-0.4, -0.2) is 11.7 Å². The first kappa shape index (κ1) is 11.3. The molecule has 18 heavy (non-hydrogen) atoms. The summed E-state index contributed by atoms with van der Waals surface area (Å²) in [5.74, 6) is 0. The zero-order valence-electron chi connectivity index (χ0n) is 9.83. The average molecular weight is 257 g/mol. The molecule has 3 rings (SSSR count). The number of fused-ring (bicyclic) bond motifs is 1. The average Bonchev–Trinajstić information content (AvgIpc) is 2.43. The van der Waals surface area contributed by atoms with Gasteiger partial charge in [-0.3, -0.25) is 4.99 Å². The molecule has 0 aromatic heterocycles. The first-order valence-electron chi connectivity index (χ1n) is 5.92. The first-order valence-corrected chi connectivity index (χ1v) is 6.36. The van der Waals surface area contributed by atoms with Gasteiger partial charge in [0.2, 0.25) is 0 Å². The number of anilines is 1. The maximum Gasteiger partial charge on any atom is 0.140 e. The van der Waals surface area contributed by atoms with Crippen molar-refractivity contribution in [3.63, 3.8) is 0 Å². The molecule has 0 amide bonds. The summed E-state index contributed by atoms with van der Waals surface area (Å²) >= 11 is 6.34. The number of aliphatic imine (C=N–C) groups is 1. The predicted octanol–water partition coefficient (Wildman–Crippen LogP) is 3.97. The summed E-state index contributed by atoms with van der Waals surface area (Å²) in [5.41, 5.74) is 3.11. The van der Waals surface area contributed by atoms with Crippen LogP contribution in [0.25, 0.3) is 0 Å². The van der Waals surface area contributed by atoms with Crippen LogP contribution in [0, 0.1) is 0 Å². The van der Waals surface area contributed by atoms with Crippen molar-refractivity contribution in [3.8, 4) is 0 Å². The molecule has 0 saturated heterocycles. The first-order chi connectivity index (χ1) is 8.84. The molecule has 1 heterocycles. The Hall–Kier alpha value is -1.80. The van der Waals surface area contributed by atoms with Gasteiger partial charge in [0.05, 0.1) is 11.4 Å². The van der Waals surface area contributed by atoms with Gasteiger partial charge in [-0.25, -0.2) is 0 Å². The molecule has 0 spiro atoms. The molecule has 0 saturated carbocycles. The van der Waals surface area contributed by atoms with Crippen LogP contribution in [-0.2, 0) is 6.54 Å². The third-order valence-electron chi connectivity index (χ3n) is 3.02. The van der Waals surface area contributed by atoms with E-state index in [1.807, 2.05) is 36.4 Å². The van der Waals surface area contributed by atoms with Crippen LogP contribution in [0.3, 0.4) is 0 Å². The number of hydrogen-bond acceptors (Lipinski definition) is 2. The number of para-hydroxylation sites is 2. The fourth-order valence-corrected chi connectivity index (χ4v) is 2.35. The van der Waals surface area contributed by atoms with E-state index in [4.69, 9.17) is 11.6 Å². The number of benzene rings is 2. The Kier molecular flexibility index (Phi) is 3.03. The summed E-state index contributed by atoms with van der Waals surface area (Å²) in [7, 11) is 0. The van der Waals surface area contributed by atoms with Crippen molar-refractivity contribution in [1.82, 2.24) is 0 Å². The molecule has 0 aliphatic carbocycles. The maximum absolute atomic E-state index is 6.34. The SMILES string of the molecule is ClC1C=Nc2ccccc2N1Cc1ccccc1. The van der Waals surface area contributed by atoms with Gasteiger partial charge in [0, 0.05) is 12.8 Å². The Morgan fingerprint density at radius 1 is 1.00 bits per heavy atom. The van der Waals surface area contributed by atoms with E-state index in [1.165, 1.54) is 5.56 Å². The van der Waals surface area contributed by atoms with Gasteiger partial charge < -0.3 is 4.90 Å². The molecule has 1 aliphatic heterocycles. The Morgan fingerprint density at radius 3 is 2.56 bits per heavy atom. The van der Waals surface area contributed by atoms with Gasteiger partial charge in [0.15, 0.2) is 0 Å². The van der Waals surface area contributed by atoms with Crippen LogP contribution >= 0.6 is 11.6 Å². The standard InChI is InChI=1S/C15H13ClN2/c16-15-10-17-13-8-4-5-9-14(13)18(15)11-12-6-2-1-3-7-12/h1-10,15H,11H2. The molecule has 2 nitrogen and oxygen atoms in total. The molecule has 0 radical (unpaired) electrons. The highest BCUT2D eigenvalue weighted by molar-refractivity contribution is 6.30. The van der Waals surface area contributed by atoms with E-state index in [9.17, 15) is 0 Å². The minimum absolute atomic E-state index is 0.194. The number of alkyl halides is 1. The normalized spacial score (nSPS) is 17.6. The quantitative estimate of drug-likeness (QED) is 0.586. The second kappa shape index (κ2) is 4.83. The van der Waals surface area contributed by atoms with Crippen molar-refractivity contribution in [2.45, 2.75) is 12.0 Å². The Morgan fingerprint density at radius 2 is 1.72 bits per heavy atom. The summed E-state index contributed by atoms with van der Waals surface area (Å²) in [4.78, 5) is 6.52. The van der Waals surface area contributed by atoms with Crippen molar-refractivity contribution < 1.29 is 0 Å². The van der Waals surface area contributed by atoms with E-state index in [-0.39, 0.29) is 5.50 Å². The van der Waals surface area contributed by atoms with Gasteiger partial charge in [-0.1, -0.05) is 54.1 Å². The van der Waals surface area contributed by atoms with E-state index in [0.29, 0.717) is 0 Å². The highest BCUT2D eigenvalue weighted by Gasteiger charge is 2.21. The van der Waals surface area contributed by atoms with Gasteiger partial charge in [-0.05, 0) is 17.7 Å². The molecule has 1 unspecified atom stereocenters. The third kappa shape index (κ3) is 2.12. The van der Waals surface area contributed by atoms with Crippen molar-refractivity contribution in [3.05, 3.63) is 60.2 Å². The highest BCUT2D eigenvalue weighted by atomic mass is 35.5. The van der Waals surface area contributed by atoms with Gasteiger partial charge in [0.25, 0.3) is 0 Å². The van der Waals surface area contributed by atoms with E-state index in [0.717, 1.165) is 17.9 Å². The molecule has 0 bridgehead atoms. The monoisotopic (exact) mass is 256 g/mol. The van der Waals surface area contributed by atoms with Crippen LogP contribution in [0.1, 0.15) is 5.56 Å². The number of rotatable bonds is 2. The third-order valence-corrected chi connectivity index (χ3v) is 3.37. The zero-order valence-corrected chi connectivity index (χ0v) is 10.6. The minimum Gasteiger partial charge on any atom is -0.345 e. The maximum atomic E-state index is 6.34. The van der Waals surface area contributed by atoms with Crippen LogP contribution < -0.4 is 4.90 Å². The summed E-state index contributed by atoms with van der Waals surface area (Å²) in [6.45, 7) is 0.790. The topological polar surface area (TPSA) is 15.6 Å². The lowest BCUT2D eigenvalue weighted by atomic mass is 10.1. The zero-order chi connectivity index (χ0) is 12.4. The molecular weight excluding hydrogens is 244 g/mol. The van der Waals surface area contributed by atoms with Crippen molar-refractivity contribution >= 4 is 29.2 Å². The largest absolute Gasteiger partial charge is 0.345 e. The molecule has 1 atom stereocenters. The van der Waals surface area contributed by atoms with Crippen LogP contribution in [0.15, 0.2) is 59.6 Å². The van der Waals surface area contributed by atoms with Crippen molar-refractivity contribution in [1.29, 1.82) is 0 Å². The molecule has 2 aromatic carbocycles. The lowest BCUT2D eigenvalue weighted by Gasteiger charge is -2.31. The molecule has 1 aliphatic rings. The van der Waals surface area contributed by atoms with E-state index >= 15 is 0 Å². The van der Waals surface area contributed by atoms with Crippen LogP contribution in [0.5, 0.6) is 0 Å². The summed E-state index contributed by atoms with van der Waals surface area (Å²) in [6.07, 6.45) is 1.78. The molecule has 0 N–H and O–H groups in total. The van der Waals surface area contributed by atoms with Crippen molar-refractivity contribution in [2.75, 3.05) is 4.90 Å². The lowest BCUT2D eigenvalue weighted by molar-refractivity contribution is 0.845. The molecular formula is C15H13ClN2. The number of nitrogens with zero attached hydrogens (tertiary/aromatic N) is 2. The van der Waals surface area contributed by atoms with E-state index in [2.05, 4.69) is 28.1 Å².